The second-order valence-corrected chi connectivity index (χ2v) is 5.75. The van der Waals surface area contributed by atoms with Gasteiger partial charge in [0.25, 0.3) is 0 Å². The number of piperidine rings is 1. The summed E-state index contributed by atoms with van der Waals surface area (Å²) in [5.74, 6) is 2.55. The van der Waals surface area contributed by atoms with Crippen molar-refractivity contribution in [3.05, 3.63) is 23.8 Å². The molecule has 1 aliphatic rings. The lowest BCUT2D eigenvalue weighted by molar-refractivity contribution is 0.132. The second-order valence-electron chi connectivity index (χ2n) is 5.75. The second kappa shape index (κ2) is 7.66. The Hall–Kier alpha value is -1.26. The molecule has 0 aromatic heterocycles. The van der Waals surface area contributed by atoms with Crippen LogP contribution in [0.15, 0.2) is 18.2 Å². The predicted octanol–water partition coefficient (Wildman–Crippen LogP) is 2.83. The van der Waals surface area contributed by atoms with Crippen molar-refractivity contribution in [1.29, 1.82) is 0 Å². The smallest absolute Gasteiger partial charge is 0.127 e. The van der Waals surface area contributed by atoms with Gasteiger partial charge in [0.05, 0.1) is 20.3 Å². The maximum atomic E-state index is 6.07. The molecule has 1 atom stereocenters. The molecule has 4 nitrogen and oxygen atoms in total. The Morgan fingerprint density at radius 3 is 2.48 bits per heavy atom. The highest BCUT2D eigenvalue weighted by atomic mass is 16.5. The number of hydrogen-bond donors (Lipinski definition) is 1. The first-order valence-electron chi connectivity index (χ1n) is 7.89. The van der Waals surface area contributed by atoms with E-state index in [1.165, 1.54) is 19.3 Å². The highest BCUT2D eigenvalue weighted by molar-refractivity contribution is 5.42. The van der Waals surface area contributed by atoms with Gasteiger partial charge in [-0.2, -0.15) is 0 Å². The fraction of sp³-hybridized carbons (Fsp3) is 0.647. The Morgan fingerprint density at radius 2 is 1.95 bits per heavy atom. The minimum absolute atomic E-state index is 0.226. The summed E-state index contributed by atoms with van der Waals surface area (Å²) in [6.45, 7) is 5.14. The summed E-state index contributed by atoms with van der Waals surface area (Å²) in [6.07, 6.45) is 3.82. The van der Waals surface area contributed by atoms with Crippen LogP contribution in [0.25, 0.3) is 0 Å². The van der Waals surface area contributed by atoms with Crippen molar-refractivity contribution in [2.24, 2.45) is 11.7 Å². The van der Waals surface area contributed by atoms with Crippen molar-refractivity contribution in [2.75, 3.05) is 33.9 Å². The first-order valence-corrected chi connectivity index (χ1v) is 7.89. The molecule has 0 amide bonds. The van der Waals surface area contributed by atoms with E-state index >= 15 is 0 Å². The van der Waals surface area contributed by atoms with Gasteiger partial charge in [0.2, 0.25) is 0 Å². The van der Waals surface area contributed by atoms with Gasteiger partial charge in [0.1, 0.15) is 11.5 Å². The average Bonchev–Trinajstić information content (AvgIpc) is 2.56. The minimum Gasteiger partial charge on any atom is -0.497 e. The zero-order valence-corrected chi connectivity index (χ0v) is 13.5. The van der Waals surface area contributed by atoms with Crippen LogP contribution in [-0.4, -0.2) is 38.8 Å². The molecule has 1 aliphatic heterocycles. The van der Waals surface area contributed by atoms with Gasteiger partial charge < -0.3 is 15.2 Å². The van der Waals surface area contributed by atoms with Crippen molar-refractivity contribution in [3.63, 3.8) is 0 Å². The van der Waals surface area contributed by atoms with Crippen LogP contribution in [0.4, 0.5) is 0 Å². The number of likely N-dealkylation sites (tertiary alicyclic amines) is 1. The molecule has 1 aromatic rings. The van der Waals surface area contributed by atoms with E-state index in [-0.39, 0.29) is 6.04 Å². The number of hydrogen-bond acceptors (Lipinski definition) is 4. The fourth-order valence-corrected chi connectivity index (χ4v) is 3.24. The number of rotatable bonds is 6. The maximum absolute atomic E-state index is 6.07. The Morgan fingerprint density at radius 1 is 1.24 bits per heavy atom. The molecule has 1 heterocycles. The Labute approximate surface area is 128 Å². The van der Waals surface area contributed by atoms with Crippen molar-refractivity contribution in [3.8, 4) is 11.5 Å². The largest absolute Gasteiger partial charge is 0.497 e. The maximum Gasteiger partial charge on any atom is 0.127 e. The van der Waals surface area contributed by atoms with Gasteiger partial charge in [-0.25, -0.2) is 0 Å². The van der Waals surface area contributed by atoms with E-state index in [4.69, 9.17) is 15.2 Å². The Bertz CT molecular complexity index is 442. The van der Waals surface area contributed by atoms with E-state index in [2.05, 4.69) is 17.9 Å². The highest BCUT2D eigenvalue weighted by Crippen LogP contribution is 2.34. The lowest BCUT2D eigenvalue weighted by Gasteiger charge is -2.37. The molecule has 0 spiro atoms. The van der Waals surface area contributed by atoms with Crippen LogP contribution in [0.1, 0.15) is 37.8 Å². The van der Waals surface area contributed by atoms with Gasteiger partial charge in [-0.1, -0.05) is 19.4 Å². The lowest BCUT2D eigenvalue weighted by Crippen LogP contribution is -2.39. The monoisotopic (exact) mass is 292 g/mol. The van der Waals surface area contributed by atoms with Gasteiger partial charge in [0.15, 0.2) is 0 Å². The topological polar surface area (TPSA) is 47.7 Å². The third kappa shape index (κ3) is 3.69. The third-order valence-corrected chi connectivity index (χ3v) is 4.69. The molecular formula is C17H28N2O2. The number of nitrogens with two attached hydrogens (primary N) is 1. The van der Waals surface area contributed by atoms with Gasteiger partial charge in [-0.15, -0.1) is 0 Å². The SMILES string of the molecule is CCC1CCN(C(CN)c2ccc(OC)cc2OC)CC1. The molecule has 21 heavy (non-hydrogen) atoms. The van der Waals surface area contributed by atoms with Gasteiger partial charge in [-0.05, 0) is 37.9 Å². The van der Waals surface area contributed by atoms with Crippen molar-refractivity contribution in [1.82, 2.24) is 4.90 Å². The summed E-state index contributed by atoms with van der Waals surface area (Å²) in [6, 6.07) is 6.24. The van der Waals surface area contributed by atoms with E-state index in [0.29, 0.717) is 6.54 Å². The lowest BCUT2D eigenvalue weighted by atomic mass is 9.92. The first-order chi connectivity index (χ1) is 10.2. The van der Waals surface area contributed by atoms with Crippen LogP contribution >= 0.6 is 0 Å². The zero-order valence-electron chi connectivity index (χ0n) is 13.5. The molecule has 1 fully saturated rings. The quantitative estimate of drug-likeness (QED) is 0.876. The van der Waals surface area contributed by atoms with Gasteiger partial charge in [-0.3, -0.25) is 4.90 Å². The van der Waals surface area contributed by atoms with Gasteiger partial charge >= 0.3 is 0 Å². The molecular weight excluding hydrogens is 264 g/mol. The number of nitrogens with zero attached hydrogens (tertiary/aromatic N) is 1. The standard InChI is InChI=1S/C17H28N2O2/c1-4-13-7-9-19(10-8-13)16(12-18)15-6-5-14(20-2)11-17(15)21-3/h5-6,11,13,16H,4,7-10,12,18H2,1-3H3. The molecule has 4 heteroatoms. The Kier molecular flexibility index (Phi) is 5.88. The molecule has 0 aliphatic carbocycles. The van der Waals surface area contributed by atoms with E-state index in [9.17, 15) is 0 Å². The van der Waals surface area contributed by atoms with E-state index in [0.717, 1.165) is 36.1 Å². The van der Waals surface area contributed by atoms with Crippen molar-refractivity contribution < 1.29 is 9.47 Å². The molecule has 1 unspecified atom stereocenters. The van der Waals surface area contributed by atoms with Crippen LogP contribution < -0.4 is 15.2 Å². The normalized spacial score (nSPS) is 18.5. The summed E-state index contributed by atoms with van der Waals surface area (Å²) in [5, 5.41) is 0. The number of benzene rings is 1. The molecule has 0 bridgehead atoms. The van der Waals surface area contributed by atoms with Crippen LogP contribution in [0.5, 0.6) is 11.5 Å². The molecule has 2 rings (SSSR count). The summed E-state index contributed by atoms with van der Waals surface area (Å²) in [4.78, 5) is 2.50. The number of methoxy groups -OCH3 is 2. The summed E-state index contributed by atoms with van der Waals surface area (Å²) in [7, 11) is 3.37. The summed E-state index contributed by atoms with van der Waals surface area (Å²) >= 11 is 0. The molecule has 2 N–H and O–H groups in total. The van der Waals surface area contributed by atoms with E-state index in [1.54, 1.807) is 14.2 Å². The first kappa shape index (κ1) is 16.1. The van der Waals surface area contributed by atoms with Crippen molar-refractivity contribution in [2.45, 2.75) is 32.2 Å². The molecule has 118 valence electrons. The van der Waals surface area contributed by atoms with Crippen LogP contribution in [0.3, 0.4) is 0 Å². The molecule has 1 saturated heterocycles. The molecule has 0 radical (unpaired) electrons. The van der Waals surface area contributed by atoms with Crippen LogP contribution in [-0.2, 0) is 0 Å². The minimum atomic E-state index is 0.226. The number of ether oxygens (including phenoxy) is 2. The van der Waals surface area contributed by atoms with Gasteiger partial charge in [0, 0.05) is 18.2 Å². The average molecular weight is 292 g/mol. The summed E-state index contributed by atoms with van der Waals surface area (Å²) < 4.78 is 10.8. The summed E-state index contributed by atoms with van der Waals surface area (Å²) in [5.41, 5.74) is 7.23. The van der Waals surface area contributed by atoms with E-state index in [1.807, 2.05) is 12.1 Å². The molecule has 0 saturated carbocycles. The van der Waals surface area contributed by atoms with Crippen LogP contribution in [0.2, 0.25) is 0 Å². The predicted molar refractivity (Wildman–Crippen MR) is 85.9 cm³/mol. The van der Waals surface area contributed by atoms with E-state index < -0.39 is 0 Å². The van der Waals surface area contributed by atoms with Crippen molar-refractivity contribution >= 4 is 0 Å². The Balaban J connectivity index is 2.17. The highest BCUT2D eigenvalue weighted by Gasteiger charge is 2.26. The van der Waals surface area contributed by atoms with Crippen LogP contribution in [0, 0.1) is 5.92 Å². The third-order valence-electron chi connectivity index (χ3n) is 4.69. The molecule has 1 aromatic carbocycles. The zero-order chi connectivity index (χ0) is 15.2. The fourth-order valence-electron chi connectivity index (χ4n) is 3.24.